The van der Waals surface area contributed by atoms with Gasteiger partial charge in [-0.05, 0) is 17.7 Å². The van der Waals surface area contributed by atoms with Crippen LogP contribution >= 0.6 is 0 Å². The van der Waals surface area contributed by atoms with E-state index in [0.29, 0.717) is 11.3 Å². The van der Waals surface area contributed by atoms with Crippen LogP contribution in [-0.4, -0.2) is 45.3 Å². The summed E-state index contributed by atoms with van der Waals surface area (Å²) in [5.74, 6) is -2.19. The summed E-state index contributed by atoms with van der Waals surface area (Å²) in [5, 5.41) is 0. The number of benzene rings is 2. The first-order chi connectivity index (χ1) is 14.0. The summed E-state index contributed by atoms with van der Waals surface area (Å²) in [7, 11) is 3.65. The van der Waals surface area contributed by atoms with Crippen molar-refractivity contribution in [3.63, 3.8) is 0 Å². The van der Waals surface area contributed by atoms with Crippen LogP contribution in [0.4, 0.5) is 5.69 Å². The number of methoxy groups -OCH3 is 3. The normalized spacial score (nSPS) is 18.4. The predicted octanol–water partition coefficient (Wildman–Crippen LogP) is 2.43. The quantitative estimate of drug-likeness (QED) is 0.568. The molecular formula is C22H21NO6. The maximum atomic E-state index is 12.8. The Morgan fingerprint density at radius 1 is 0.724 bits per heavy atom. The zero-order valence-corrected chi connectivity index (χ0v) is 16.3. The van der Waals surface area contributed by atoms with Gasteiger partial charge in [-0.3, -0.25) is 0 Å². The Morgan fingerprint density at radius 2 is 1.24 bits per heavy atom. The zero-order valence-electron chi connectivity index (χ0n) is 16.3. The minimum Gasteiger partial charge on any atom is -0.467 e. The lowest BCUT2D eigenvalue weighted by Crippen LogP contribution is -2.42. The number of hydrogen-bond donors (Lipinski definition) is 0. The van der Waals surface area contributed by atoms with Gasteiger partial charge in [0.2, 0.25) is 0 Å². The van der Waals surface area contributed by atoms with Gasteiger partial charge in [-0.25, -0.2) is 14.4 Å². The van der Waals surface area contributed by atoms with Crippen molar-refractivity contribution in [2.24, 2.45) is 0 Å². The van der Waals surface area contributed by atoms with Crippen molar-refractivity contribution in [1.29, 1.82) is 0 Å². The zero-order chi connectivity index (χ0) is 21.0. The van der Waals surface area contributed by atoms with Gasteiger partial charge in [-0.2, -0.15) is 0 Å². The summed E-state index contributed by atoms with van der Waals surface area (Å²) in [5.41, 5.74) is 1.30. The van der Waals surface area contributed by atoms with Crippen molar-refractivity contribution in [3.8, 4) is 0 Å². The highest BCUT2D eigenvalue weighted by atomic mass is 16.5. The van der Waals surface area contributed by atoms with Crippen LogP contribution in [0.25, 0.3) is 0 Å². The Balaban J connectivity index is 2.34. The lowest BCUT2D eigenvalue weighted by molar-refractivity contribution is -0.144. The Morgan fingerprint density at radius 3 is 1.76 bits per heavy atom. The molecule has 0 radical (unpaired) electrons. The van der Waals surface area contributed by atoms with E-state index in [1.54, 1.807) is 29.2 Å². The van der Waals surface area contributed by atoms with Gasteiger partial charge in [0, 0.05) is 5.69 Å². The molecule has 0 fully saturated rings. The van der Waals surface area contributed by atoms with Crippen molar-refractivity contribution in [2.45, 2.75) is 12.1 Å². The van der Waals surface area contributed by atoms with Crippen molar-refractivity contribution >= 4 is 23.6 Å². The van der Waals surface area contributed by atoms with Crippen LogP contribution in [-0.2, 0) is 28.6 Å². The fraction of sp³-hybridized carbons (Fsp3) is 0.227. The first-order valence-corrected chi connectivity index (χ1v) is 8.92. The van der Waals surface area contributed by atoms with Crippen LogP contribution in [0.3, 0.4) is 0 Å². The number of rotatable bonds is 5. The second kappa shape index (κ2) is 8.60. The average Bonchev–Trinajstić information content (AvgIpc) is 3.14. The Labute approximate surface area is 168 Å². The summed E-state index contributed by atoms with van der Waals surface area (Å²) in [6, 6.07) is 16.2. The molecule has 0 saturated carbocycles. The van der Waals surface area contributed by atoms with Crippen LogP contribution in [0.5, 0.6) is 0 Å². The molecule has 2 atom stereocenters. The second-order valence-electron chi connectivity index (χ2n) is 6.29. The maximum Gasteiger partial charge on any atom is 0.337 e. The molecule has 3 rings (SSSR count). The fourth-order valence-corrected chi connectivity index (χ4v) is 3.59. The van der Waals surface area contributed by atoms with E-state index < -0.39 is 30.0 Å². The number of esters is 3. The van der Waals surface area contributed by atoms with Gasteiger partial charge in [0.05, 0.1) is 38.5 Å². The molecule has 150 valence electrons. The molecule has 29 heavy (non-hydrogen) atoms. The SMILES string of the molecule is COC(=O)C1=C(C(=O)OC)[C@H](c2ccccc2)N(c2ccccc2)[C@H]1C(=O)OC. The number of para-hydroxylation sites is 1. The van der Waals surface area contributed by atoms with Gasteiger partial charge in [-0.15, -0.1) is 0 Å². The summed E-state index contributed by atoms with van der Waals surface area (Å²) in [6.45, 7) is 0. The highest BCUT2D eigenvalue weighted by molar-refractivity contribution is 6.10. The fourth-order valence-electron chi connectivity index (χ4n) is 3.59. The van der Waals surface area contributed by atoms with Crippen LogP contribution in [0.1, 0.15) is 11.6 Å². The molecular weight excluding hydrogens is 374 g/mol. The highest BCUT2D eigenvalue weighted by Gasteiger charge is 2.51. The molecule has 0 unspecified atom stereocenters. The third kappa shape index (κ3) is 3.59. The van der Waals surface area contributed by atoms with Crippen LogP contribution < -0.4 is 4.90 Å². The Bertz CT molecular complexity index is 938. The summed E-state index contributed by atoms with van der Waals surface area (Å²) < 4.78 is 14.9. The molecule has 1 aliphatic heterocycles. The molecule has 0 aromatic heterocycles. The molecule has 0 aliphatic carbocycles. The van der Waals surface area contributed by atoms with E-state index in [1.807, 2.05) is 36.4 Å². The molecule has 1 aliphatic rings. The van der Waals surface area contributed by atoms with Crippen LogP contribution in [0.15, 0.2) is 71.8 Å². The number of anilines is 1. The van der Waals surface area contributed by atoms with E-state index in [0.717, 1.165) is 0 Å². The molecule has 0 amide bonds. The van der Waals surface area contributed by atoms with Crippen molar-refractivity contribution in [1.82, 2.24) is 0 Å². The van der Waals surface area contributed by atoms with Gasteiger partial charge >= 0.3 is 17.9 Å². The predicted molar refractivity (Wildman–Crippen MR) is 105 cm³/mol. The third-order valence-corrected chi connectivity index (χ3v) is 4.80. The lowest BCUT2D eigenvalue weighted by Gasteiger charge is -2.32. The van der Waals surface area contributed by atoms with E-state index in [-0.39, 0.29) is 11.1 Å². The van der Waals surface area contributed by atoms with E-state index >= 15 is 0 Å². The monoisotopic (exact) mass is 395 g/mol. The van der Waals surface area contributed by atoms with Crippen LogP contribution in [0.2, 0.25) is 0 Å². The minimum atomic E-state index is -1.17. The topological polar surface area (TPSA) is 82.1 Å². The molecule has 2 aromatic rings. The number of hydrogen-bond acceptors (Lipinski definition) is 7. The summed E-state index contributed by atoms with van der Waals surface area (Å²) in [6.07, 6.45) is 0. The standard InChI is InChI=1S/C22H21NO6/c1-27-20(24)16-17(21(25)28-2)19(22(26)29-3)23(15-12-8-5-9-13-15)18(16)14-10-6-4-7-11-14/h4-13,18-19H,1-3H3/t18-,19+/m0/s1. The number of carbonyl (C=O) groups is 3. The van der Waals surface area contributed by atoms with Gasteiger partial charge < -0.3 is 19.1 Å². The molecule has 7 heteroatoms. The molecule has 1 heterocycles. The molecule has 7 nitrogen and oxygen atoms in total. The van der Waals surface area contributed by atoms with Crippen molar-refractivity contribution in [2.75, 3.05) is 26.2 Å². The average molecular weight is 395 g/mol. The number of ether oxygens (including phenoxy) is 3. The second-order valence-corrected chi connectivity index (χ2v) is 6.29. The molecule has 0 spiro atoms. The smallest absolute Gasteiger partial charge is 0.337 e. The van der Waals surface area contributed by atoms with Gasteiger partial charge in [0.1, 0.15) is 0 Å². The minimum absolute atomic E-state index is 0.0461. The maximum absolute atomic E-state index is 12.8. The molecule has 0 saturated heterocycles. The van der Waals surface area contributed by atoms with E-state index in [4.69, 9.17) is 14.2 Å². The number of nitrogens with zero attached hydrogens (tertiary/aromatic N) is 1. The van der Waals surface area contributed by atoms with Gasteiger partial charge in [0.25, 0.3) is 0 Å². The Kier molecular flexibility index (Phi) is 5.97. The largest absolute Gasteiger partial charge is 0.467 e. The van der Waals surface area contributed by atoms with E-state index in [1.165, 1.54) is 21.3 Å². The Hall–Kier alpha value is -3.61. The van der Waals surface area contributed by atoms with Crippen LogP contribution in [0, 0.1) is 0 Å². The van der Waals surface area contributed by atoms with Crippen molar-refractivity contribution in [3.05, 3.63) is 77.4 Å². The van der Waals surface area contributed by atoms with Gasteiger partial charge in [0.15, 0.2) is 6.04 Å². The van der Waals surface area contributed by atoms with Crippen molar-refractivity contribution < 1.29 is 28.6 Å². The first-order valence-electron chi connectivity index (χ1n) is 8.92. The highest BCUT2D eigenvalue weighted by Crippen LogP contribution is 2.45. The number of carbonyl (C=O) groups excluding carboxylic acids is 3. The summed E-state index contributed by atoms with van der Waals surface area (Å²) >= 11 is 0. The molecule has 0 bridgehead atoms. The van der Waals surface area contributed by atoms with E-state index in [2.05, 4.69) is 0 Å². The lowest BCUT2D eigenvalue weighted by atomic mass is 9.96. The van der Waals surface area contributed by atoms with Gasteiger partial charge in [-0.1, -0.05) is 48.5 Å². The summed E-state index contributed by atoms with van der Waals surface area (Å²) in [4.78, 5) is 40.0. The van der Waals surface area contributed by atoms with E-state index in [9.17, 15) is 14.4 Å². The molecule has 0 N–H and O–H groups in total. The first kappa shape index (κ1) is 20.1. The molecule has 2 aromatic carbocycles. The third-order valence-electron chi connectivity index (χ3n) is 4.80.